The molecule has 2 aliphatic heterocycles. The van der Waals surface area contributed by atoms with E-state index in [1.54, 1.807) is 18.7 Å². The number of hydrogen-bond donors (Lipinski definition) is 2. The molecule has 3 N–H and O–H groups in total. The minimum absolute atomic E-state index is 0. The van der Waals surface area contributed by atoms with Gasteiger partial charge in [-0.1, -0.05) is 18.2 Å². The highest BCUT2D eigenvalue weighted by Gasteiger charge is 2.43. The van der Waals surface area contributed by atoms with Crippen molar-refractivity contribution in [3.63, 3.8) is 0 Å². The van der Waals surface area contributed by atoms with Crippen LogP contribution in [0, 0.1) is 0 Å². The topological polar surface area (TPSA) is 78.7 Å². The van der Waals surface area contributed by atoms with Crippen LogP contribution in [0.2, 0.25) is 0 Å². The van der Waals surface area contributed by atoms with Gasteiger partial charge in [0.15, 0.2) is 0 Å². The number of carbonyl (C=O) groups excluding carboxylic acids is 2. The molecule has 0 fully saturated rings. The average molecular weight is 401 g/mol. The van der Waals surface area contributed by atoms with Crippen LogP contribution >= 0.6 is 12.4 Å². The van der Waals surface area contributed by atoms with Crippen molar-refractivity contribution in [1.29, 1.82) is 0 Å². The Morgan fingerprint density at radius 1 is 1.14 bits per heavy atom. The lowest BCUT2D eigenvalue weighted by atomic mass is 9.95. The molecule has 0 atom stereocenters. The largest absolute Gasteiger partial charge is 0.398 e. The molecule has 6 nitrogen and oxygen atoms in total. The third-order valence-electron chi connectivity index (χ3n) is 5.47. The predicted octanol–water partition coefficient (Wildman–Crippen LogP) is 3.21. The molecule has 0 spiro atoms. The van der Waals surface area contributed by atoms with Gasteiger partial charge < -0.3 is 16.0 Å². The number of fused-ring (bicyclic) bond motifs is 2. The van der Waals surface area contributed by atoms with E-state index in [0.717, 1.165) is 42.0 Å². The molecule has 2 heterocycles. The van der Waals surface area contributed by atoms with Gasteiger partial charge in [0.2, 0.25) is 11.8 Å². The highest BCUT2D eigenvalue weighted by molar-refractivity contribution is 6.14. The number of nitrogens with zero attached hydrogens (tertiary/aromatic N) is 2. The van der Waals surface area contributed by atoms with Crippen molar-refractivity contribution in [3.05, 3.63) is 48.0 Å². The highest BCUT2D eigenvalue weighted by atomic mass is 35.5. The van der Waals surface area contributed by atoms with Crippen LogP contribution in [0.3, 0.4) is 0 Å². The summed E-state index contributed by atoms with van der Waals surface area (Å²) in [6.07, 6.45) is 1.88. The Bertz CT molecular complexity index is 928. The number of nitrogens with one attached hydrogen (secondary N) is 1. The lowest BCUT2D eigenvalue weighted by Gasteiger charge is -2.43. The van der Waals surface area contributed by atoms with E-state index in [0.29, 0.717) is 5.69 Å². The number of halogens is 1. The van der Waals surface area contributed by atoms with Crippen molar-refractivity contribution in [3.8, 4) is 0 Å². The predicted molar refractivity (Wildman–Crippen MR) is 115 cm³/mol. The van der Waals surface area contributed by atoms with Gasteiger partial charge in [0, 0.05) is 17.9 Å². The molecule has 4 rings (SSSR count). The number of hydrogen-bond acceptors (Lipinski definition) is 4. The average Bonchev–Trinajstić information content (AvgIpc) is 2.63. The summed E-state index contributed by atoms with van der Waals surface area (Å²) >= 11 is 0. The Morgan fingerprint density at radius 2 is 1.86 bits per heavy atom. The fraction of sp³-hybridized carbons (Fsp3) is 0.333. The van der Waals surface area contributed by atoms with Crippen LogP contribution in [0.25, 0.3) is 0 Å². The maximum absolute atomic E-state index is 13.4. The van der Waals surface area contributed by atoms with Crippen LogP contribution in [-0.2, 0) is 16.0 Å². The summed E-state index contributed by atoms with van der Waals surface area (Å²) in [5.41, 5.74) is 9.46. The van der Waals surface area contributed by atoms with Gasteiger partial charge in [-0.05, 0) is 56.5 Å². The third kappa shape index (κ3) is 3.18. The van der Waals surface area contributed by atoms with E-state index >= 15 is 0 Å². The molecular weight excluding hydrogens is 376 g/mol. The minimum Gasteiger partial charge on any atom is -0.398 e. The molecule has 2 aliphatic rings. The minimum atomic E-state index is -0.959. The molecule has 0 aromatic heterocycles. The Morgan fingerprint density at radius 3 is 2.64 bits per heavy atom. The molecule has 0 unspecified atom stereocenters. The van der Waals surface area contributed by atoms with Crippen molar-refractivity contribution in [2.24, 2.45) is 0 Å². The third-order valence-corrected chi connectivity index (χ3v) is 5.47. The summed E-state index contributed by atoms with van der Waals surface area (Å²) in [6.45, 7) is 4.56. The number of para-hydroxylation sites is 2. The maximum Gasteiger partial charge on any atom is 0.250 e. The monoisotopic (exact) mass is 400 g/mol. The van der Waals surface area contributed by atoms with Gasteiger partial charge in [-0.3, -0.25) is 14.5 Å². The van der Waals surface area contributed by atoms with Crippen LogP contribution in [0.15, 0.2) is 42.5 Å². The number of nitrogen functional groups attached to an aromatic ring is 1. The molecule has 2 amide bonds. The lowest BCUT2D eigenvalue weighted by molar-refractivity contribution is -0.125. The van der Waals surface area contributed by atoms with Gasteiger partial charge in [0.05, 0.1) is 17.9 Å². The van der Waals surface area contributed by atoms with Crippen LogP contribution in [-0.4, -0.2) is 30.4 Å². The van der Waals surface area contributed by atoms with E-state index < -0.39 is 5.54 Å². The van der Waals surface area contributed by atoms with E-state index in [1.807, 2.05) is 42.5 Å². The molecule has 28 heavy (non-hydrogen) atoms. The van der Waals surface area contributed by atoms with E-state index in [9.17, 15) is 9.59 Å². The number of carbonyl (C=O) groups is 2. The first-order valence-corrected chi connectivity index (χ1v) is 9.25. The van der Waals surface area contributed by atoms with Crippen LogP contribution in [0.5, 0.6) is 0 Å². The lowest BCUT2D eigenvalue weighted by Crippen LogP contribution is -2.60. The summed E-state index contributed by atoms with van der Waals surface area (Å²) in [5, 5.41) is 2.90. The zero-order valence-electron chi connectivity index (χ0n) is 16.1. The molecule has 0 saturated carbocycles. The quantitative estimate of drug-likeness (QED) is 0.759. The fourth-order valence-corrected chi connectivity index (χ4v) is 4.02. The van der Waals surface area contributed by atoms with E-state index in [2.05, 4.69) is 10.2 Å². The van der Waals surface area contributed by atoms with Crippen molar-refractivity contribution in [1.82, 2.24) is 0 Å². The van der Waals surface area contributed by atoms with E-state index in [-0.39, 0.29) is 30.8 Å². The van der Waals surface area contributed by atoms with Gasteiger partial charge in [0.25, 0.3) is 0 Å². The first-order valence-electron chi connectivity index (χ1n) is 9.25. The molecule has 0 saturated heterocycles. The summed E-state index contributed by atoms with van der Waals surface area (Å²) in [7, 11) is 0. The molecular formula is C21H25ClN4O2. The zero-order chi connectivity index (χ0) is 19.2. The second-order valence-corrected chi connectivity index (χ2v) is 7.63. The summed E-state index contributed by atoms with van der Waals surface area (Å²) < 4.78 is 0. The maximum atomic E-state index is 13.4. The smallest absolute Gasteiger partial charge is 0.250 e. The summed E-state index contributed by atoms with van der Waals surface area (Å²) in [6, 6.07) is 13.3. The van der Waals surface area contributed by atoms with Crippen molar-refractivity contribution in [2.75, 3.05) is 33.9 Å². The molecule has 2 aromatic rings. The molecule has 148 valence electrons. The van der Waals surface area contributed by atoms with E-state index in [1.165, 1.54) is 0 Å². The molecule has 0 aliphatic carbocycles. The Hall–Kier alpha value is -2.73. The number of nitrogens with two attached hydrogens (primary N) is 1. The molecule has 0 bridgehead atoms. The first-order chi connectivity index (χ1) is 12.9. The van der Waals surface area contributed by atoms with Crippen LogP contribution in [0.1, 0.15) is 25.8 Å². The number of rotatable bonds is 2. The highest BCUT2D eigenvalue weighted by Crippen LogP contribution is 2.37. The Labute approximate surface area is 171 Å². The zero-order valence-corrected chi connectivity index (χ0v) is 16.9. The van der Waals surface area contributed by atoms with Crippen molar-refractivity contribution >= 4 is 47.0 Å². The van der Waals surface area contributed by atoms with E-state index in [4.69, 9.17) is 5.73 Å². The number of anilines is 4. The number of benzene rings is 2. The van der Waals surface area contributed by atoms with Gasteiger partial charge >= 0.3 is 0 Å². The van der Waals surface area contributed by atoms with Gasteiger partial charge in [-0.2, -0.15) is 0 Å². The fourth-order valence-electron chi connectivity index (χ4n) is 4.02. The summed E-state index contributed by atoms with van der Waals surface area (Å²) in [4.78, 5) is 29.7. The van der Waals surface area contributed by atoms with Gasteiger partial charge in [-0.15, -0.1) is 12.4 Å². The van der Waals surface area contributed by atoms with Crippen molar-refractivity contribution in [2.45, 2.75) is 32.2 Å². The normalized spacial score (nSPS) is 17.1. The Balaban J connectivity index is 0.00000225. The van der Waals surface area contributed by atoms with Gasteiger partial charge in [-0.25, -0.2) is 0 Å². The number of amides is 2. The standard InChI is InChI=1S/C21H24N4O2.ClH/c1-21(2)20(27)23-16-9-3-4-10-18(16)25(21)19(26)13-24-12-6-7-14-15(22)8-5-11-17(14)24;/h3-5,8-11H,6-7,12-13,22H2,1-2H3,(H,23,27);1H. The second kappa shape index (κ2) is 7.36. The molecule has 2 aromatic carbocycles. The second-order valence-electron chi connectivity index (χ2n) is 7.63. The molecule has 0 radical (unpaired) electrons. The first kappa shape index (κ1) is 20.0. The SMILES string of the molecule is CC1(C)C(=O)Nc2ccccc2N1C(=O)CN1CCCc2c(N)cccc21.Cl. The Kier molecular flexibility index (Phi) is 5.26. The van der Waals surface area contributed by atoms with Crippen LogP contribution < -0.4 is 20.9 Å². The van der Waals surface area contributed by atoms with Crippen molar-refractivity contribution < 1.29 is 9.59 Å². The van der Waals surface area contributed by atoms with Crippen LogP contribution in [0.4, 0.5) is 22.7 Å². The van der Waals surface area contributed by atoms with Gasteiger partial charge in [0.1, 0.15) is 5.54 Å². The molecule has 7 heteroatoms. The summed E-state index contributed by atoms with van der Waals surface area (Å²) in [5.74, 6) is -0.282.